The summed E-state index contributed by atoms with van der Waals surface area (Å²) in [5.41, 5.74) is 1.97. The fraction of sp³-hybridized carbons (Fsp3) is 0.250. The molecule has 2 aromatic carbocycles. The van der Waals surface area contributed by atoms with Gasteiger partial charge in [-0.1, -0.05) is 29.8 Å². The van der Waals surface area contributed by atoms with E-state index in [1.165, 1.54) is 18.5 Å². The Balaban J connectivity index is 1.57. The van der Waals surface area contributed by atoms with E-state index in [9.17, 15) is 19.7 Å². The number of hydrogen-bond donors (Lipinski definition) is 2. The summed E-state index contributed by atoms with van der Waals surface area (Å²) in [7, 11) is 0. The van der Waals surface area contributed by atoms with Crippen molar-refractivity contribution in [2.45, 2.75) is 25.9 Å². The molecule has 1 amide bonds. The molecule has 0 bridgehead atoms. The molecule has 0 saturated carbocycles. The number of amides is 1. The van der Waals surface area contributed by atoms with E-state index in [0.717, 1.165) is 11.1 Å². The van der Waals surface area contributed by atoms with Gasteiger partial charge in [-0.15, -0.1) is 0 Å². The minimum Gasteiger partial charge on any atom is -0.368 e. The molecule has 1 aromatic heterocycles. The molecule has 148 valence electrons. The number of H-pyrrole nitrogens is 1. The van der Waals surface area contributed by atoms with Crippen molar-refractivity contribution in [3.05, 3.63) is 74.3 Å². The van der Waals surface area contributed by atoms with Crippen molar-refractivity contribution >= 4 is 28.2 Å². The van der Waals surface area contributed by atoms with Crippen molar-refractivity contribution in [3.8, 4) is 0 Å². The maximum absolute atomic E-state index is 12.8. The van der Waals surface area contributed by atoms with Gasteiger partial charge in [0.1, 0.15) is 11.7 Å². The van der Waals surface area contributed by atoms with E-state index in [1.54, 1.807) is 4.90 Å². The van der Waals surface area contributed by atoms with Crippen molar-refractivity contribution in [2.24, 2.45) is 0 Å². The van der Waals surface area contributed by atoms with Crippen molar-refractivity contribution in [1.29, 1.82) is 0 Å². The van der Waals surface area contributed by atoms with Crippen LogP contribution in [0.5, 0.6) is 0 Å². The monoisotopic (exact) mass is 393 g/mol. The molecule has 1 unspecified atom stereocenters. The minimum absolute atomic E-state index is 0.112. The molecule has 0 radical (unpaired) electrons. The zero-order valence-corrected chi connectivity index (χ0v) is 15.7. The number of nitro groups is 1. The predicted molar refractivity (Wildman–Crippen MR) is 108 cm³/mol. The van der Waals surface area contributed by atoms with E-state index in [2.05, 4.69) is 15.3 Å². The Morgan fingerprint density at radius 2 is 2.03 bits per heavy atom. The number of nitrogens with zero attached hydrogens (tertiary/aromatic N) is 3. The van der Waals surface area contributed by atoms with Crippen LogP contribution in [0.1, 0.15) is 17.5 Å². The van der Waals surface area contributed by atoms with Crippen LogP contribution in [-0.4, -0.2) is 38.3 Å². The minimum atomic E-state index is -0.572. The van der Waals surface area contributed by atoms with Crippen LogP contribution >= 0.6 is 0 Å². The van der Waals surface area contributed by atoms with Gasteiger partial charge in [0.2, 0.25) is 5.91 Å². The molecule has 2 heterocycles. The standard InChI is InChI=1S/C20H19N5O4/c1-12-2-4-13(5-3-12)10-24-7-6-15(20(24)27)23-17-9-16-14(8-18(17)25(28)29)19(26)22-11-21-16/h2-5,8-9,11,15,23H,6-7,10H2,1H3,(H,21,22,26). The second-order valence-electron chi connectivity index (χ2n) is 7.11. The second-order valence-corrected chi connectivity index (χ2v) is 7.11. The summed E-state index contributed by atoms with van der Waals surface area (Å²) in [5.74, 6) is -0.112. The Morgan fingerprint density at radius 1 is 1.28 bits per heavy atom. The van der Waals surface area contributed by atoms with Gasteiger partial charge >= 0.3 is 0 Å². The van der Waals surface area contributed by atoms with Crippen LogP contribution in [0, 0.1) is 17.0 Å². The first-order valence-corrected chi connectivity index (χ1v) is 9.19. The smallest absolute Gasteiger partial charge is 0.293 e. The second kappa shape index (κ2) is 7.34. The maximum atomic E-state index is 12.8. The lowest BCUT2D eigenvalue weighted by Gasteiger charge is -2.18. The number of nitro benzene ring substituents is 1. The fourth-order valence-corrected chi connectivity index (χ4v) is 3.50. The van der Waals surface area contributed by atoms with Gasteiger partial charge in [0.25, 0.3) is 11.2 Å². The van der Waals surface area contributed by atoms with Crippen LogP contribution in [0.4, 0.5) is 11.4 Å². The molecule has 9 heteroatoms. The van der Waals surface area contributed by atoms with Gasteiger partial charge in [0.05, 0.1) is 22.2 Å². The molecule has 1 saturated heterocycles. The van der Waals surface area contributed by atoms with Crippen LogP contribution in [0.2, 0.25) is 0 Å². The number of carbonyl (C=O) groups is 1. The van der Waals surface area contributed by atoms with Crippen LogP contribution < -0.4 is 10.9 Å². The summed E-state index contributed by atoms with van der Waals surface area (Å²) in [6.07, 6.45) is 1.77. The third kappa shape index (κ3) is 3.66. The first-order chi connectivity index (χ1) is 13.9. The fourth-order valence-electron chi connectivity index (χ4n) is 3.50. The van der Waals surface area contributed by atoms with Gasteiger partial charge in [-0.3, -0.25) is 19.7 Å². The van der Waals surface area contributed by atoms with E-state index in [-0.39, 0.29) is 22.7 Å². The van der Waals surface area contributed by atoms with Crippen molar-refractivity contribution < 1.29 is 9.72 Å². The van der Waals surface area contributed by atoms with Gasteiger partial charge in [-0.05, 0) is 25.0 Å². The number of benzene rings is 2. The number of aromatic nitrogens is 2. The normalized spacial score (nSPS) is 16.4. The third-order valence-electron chi connectivity index (χ3n) is 5.08. The van der Waals surface area contributed by atoms with E-state index in [1.807, 2.05) is 31.2 Å². The lowest BCUT2D eigenvalue weighted by molar-refractivity contribution is -0.383. The van der Waals surface area contributed by atoms with Crippen molar-refractivity contribution in [1.82, 2.24) is 14.9 Å². The van der Waals surface area contributed by atoms with Gasteiger partial charge in [0, 0.05) is 19.2 Å². The lowest BCUT2D eigenvalue weighted by atomic mass is 10.1. The number of likely N-dealkylation sites (tertiary alicyclic amines) is 1. The van der Waals surface area contributed by atoms with Crippen molar-refractivity contribution in [3.63, 3.8) is 0 Å². The number of anilines is 1. The van der Waals surface area contributed by atoms with Gasteiger partial charge in [-0.25, -0.2) is 4.98 Å². The number of aromatic amines is 1. The zero-order valence-electron chi connectivity index (χ0n) is 15.7. The number of carbonyl (C=O) groups excluding carboxylic acids is 1. The highest BCUT2D eigenvalue weighted by Crippen LogP contribution is 2.30. The summed E-state index contributed by atoms with van der Waals surface area (Å²) >= 11 is 0. The van der Waals surface area contributed by atoms with Gasteiger partial charge < -0.3 is 15.2 Å². The largest absolute Gasteiger partial charge is 0.368 e. The summed E-state index contributed by atoms with van der Waals surface area (Å²) in [6, 6.07) is 10.0. The Kier molecular flexibility index (Phi) is 4.71. The summed E-state index contributed by atoms with van der Waals surface area (Å²) in [6.45, 7) is 3.06. The van der Waals surface area contributed by atoms with E-state index in [4.69, 9.17) is 0 Å². The highest BCUT2D eigenvalue weighted by Gasteiger charge is 2.33. The van der Waals surface area contributed by atoms with Crippen LogP contribution in [0.25, 0.3) is 10.9 Å². The number of fused-ring (bicyclic) bond motifs is 1. The molecule has 4 rings (SSSR count). The van der Waals surface area contributed by atoms with Crippen molar-refractivity contribution in [2.75, 3.05) is 11.9 Å². The van der Waals surface area contributed by atoms with Gasteiger partial charge in [-0.2, -0.15) is 0 Å². The lowest BCUT2D eigenvalue weighted by Crippen LogP contribution is -2.33. The molecule has 1 fully saturated rings. The zero-order chi connectivity index (χ0) is 20.5. The molecule has 9 nitrogen and oxygen atoms in total. The van der Waals surface area contributed by atoms with Gasteiger partial charge in [0.15, 0.2) is 0 Å². The van der Waals surface area contributed by atoms with E-state index >= 15 is 0 Å². The Bertz CT molecular complexity index is 1160. The van der Waals surface area contributed by atoms with Crippen LogP contribution in [-0.2, 0) is 11.3 Å². The molecule has 2 N–H and O–H groups in total. The Morgan fingerprint density at radius 3 is 2.76 bits per heavy atom. The number of rotatable bonds is 5. The molecule has 0 aliphatic carbocycles. The van der Waals surface area contributed by atoms with Crippen LogP contribution in [0.15, 0.2) is 47.5 Å². The van der Waals surface area contributed by atoms with Crippen LogP contribution in [0.3, 0.4) is 0 Å². The maximum Gasteiger partial charge on any atom is 0.293 e. The molecular formula is C20H19N5O4. The summed E-state index contributed by atoms with van der Waals surface area (Å²) < 4.78 is 0. The van der Waals surface area contributed by atoms with E-state index in [0.29, 0.717) is 25.0 Å². The predicted octanol–water partition coefficient (Wildman–Crippen LogP) is 2.35. The first-order valence-electron chi connectivity index (χ1n) is 9.19. The first kappa shape index (κ1) is 18.6. The number of nitrogens with one attached hydrogen (secondary N) is 2. The Labute approximate surface area is 165 Å². The molecule has 1 aliphatic rings. The molecule has 0 spiro atoms. The molecular weight excluding hydrogens is 374 g/mol. The molecule has 1 aliphatic heterocycles. The summed E-state index contributed by atoms with van der Waals surface area (Å²) in [5, 5.41) is 14.6. The average Bonchev–Trinajstić information content (AvgIpc) is 3.03. The molecule has 1 atom stereocenters. The highest BCUT2D eigenvalue weighted by atomic mass is 16.6. The summed E-state index contributed by atoms with van der Waals surface area (Å²) in [4.78, 5) is 43.8. The quantitative estimate of drug-likeness (QED) is 0.507. The molecule has 29 heavy (non-hydrogen) atoms. The van der Waals surface area contributed by atoms with E-state index < -0.39 is 16.5 Å². The SMILES string of the molecule is Cc1ccc(CN2CCC(Nc3cc4nc[nH]c(=O)c4cc3[N+](=O)[O-])C2=O)cc1. The number of hydrogen-bond acceptors (Lipinski definition) is 6. The number of aryl methyl sites for hydroxylation is 1. The highest BCUT2D eigenvalue weighted by molar-refractivity contribution is 5.91. The molecule has 3 aromatic rings. The third-order valence-corrected chi connectivity index (χ3v) is 5.08. The Hall–Kier alpha value is -3.75. The average molecular weight is 393 g/mol. The topological polar surface area (TPSA) is 121 Å².